The molecule has 1 heterocycles. The van der Waals surface area contributed by atoms with E-state index < -0.39 is 0 Å². The highest BCUT2D eigenvalue weighted by molar-refractivity contribution is 5.69. The van der Waals surface area contributed by atoms with Crippen LogP contribution in [0.3, 0.4) is 0 Å². The number of likely N-dealkylation sites (N-methyl/N-ethyl adjacent to an activating group) is 1. The van der Waals surface area contributed by atoms with Crippen LogP contribution in [0.4, 0.5) is 0 Å². The maximum atomic E-state index is 11.8. The van der Waals surface area contributed by atoms with E-state index in [1.54, 1.807) is 14.2 Å². The average Bonchev–Trinajstić information content (AvgIpc) is 2.61. The maximum Gasteiger partial charge on any atom is 0.305 e. The Balaban J connectivity index is 2.39. The van der Waals surface area contributed by atoms with Crippen molar-refractivity contribution in [2.45, 2.75) is 32.1 Å². The van der Waals surface area contributed by atoms with Gasteiger partial charge in [-0.15, -0.1) is 0 Å². The molecule has 24 heavy (non-hydrogen) atoms. The Morgan fingerprint density at radius 3 is 2.33 bits per heavy atom. The Bertz CT molecular complexity index is 547. The van der Waals surface area contributed by atoms with Crippen LogP contribution >= 0.6 is 0 Å². The van der Waals surface area contributed by atoms with Crippen LogP contribution in [0, 0.1) is 5.92 Å². The smallest absolute Gasteiger partial charge is 0.305 e. The van der Waals surface area contributed by atoms with Crippen LogP contribution in [0.25, 0.3) is 0 Å². The number of carbonyl (C=O) groups excluding carboxylic acids is 1. The van der Waals surface area contributed by atoms with Gasteiger partial charge in [-0.25, -0.2) is 0 Å². The number of ether oxygens (including phenoxy) is 3. The second kappa shape index (κ2) is 8.38. The Hall–Kier alpha value is -1.75. The van der Waals surface area contributed by atoms with Gasteiger partial charge in [-0.05, 0) is 50.0 Å². The summed E-state index contributed by atoms with van der Waals surface area (Å²) in [7, 11) is 6.96. The van der Waals surface area contributed by atoms with Crippen molar-refractivity contribution in [1.29, 1.82) is 0 Å². The van der Waals surface area contributed by atoms with E-state index in [0.717, 1.165) is 43.0 Å². The van der Waals surface area contributed by atoms with Gasteiger partial charge in [0, 0.05) is 24.4 Å². The van der Waals surface area contributed by atoms with E-state index in [-0.39, 0.29) is 17.8 Å². The lowest BCUT2D eigenvalue weighted by molar-refractivity contribution is -0.142. The van der Waals surface area contributed by atoms with Crippen molar-refractivity contribution < 1.29 is 19.0 Å². The number of likely N-dealkylation sites (tertiary alicyclic amines) is 1. The largest absolute Gasteiger partial charge is 0.496 e. The molecule has 0 aromatic heterocycles. The number of rotatable bonds is 6. The summed E-state index contributed by atoms with van der Waals surface area (Å²) in [6.07, 6.45) is 2.29. The van der Waals surface area contributed by atoms with Gasteiger partial charge in [-0.1, -0.05) is 6.92 Å². The predicted molar refractivity (Wildman–Crippen MR) is 93.9 cm³/mol. The normalized spacial score (nSPS) is 21.4. The Kier molecular flexibility index (Phi) is 6.49. The first-order valence-electron chi connectivity index (χ1n) is 8.54. The fraction of sp³-hybridized carbons (Fsp3) is 0.632. The highest BCUT2D eigenvalue weighted by Crippen LogP contribution is 2.40. The molecule has 0 spiro atoms. The summed E-state index contributed by atoms with van der Waals surface area (Å²) in [5.74, 6) is 2.11. The van der Waals surface area contributed by atoms with Crippen LogP contribution in [-0.4, -0.2) is 52.3 Å². The number of benzene rings is 1. The third-order valence-electron chi connectivity index (χ3n) is 5.03. The molecule has 2 rings (SSSR count). The van der Waals surface area contributed by atoms with Gasteiger partial charge < -0.3 is 19.1 Å². The fourth-order valence-electron chi connectivity index (χ4n) is 3.65. The van der Waals surface area contributed by atoms with Gasteiger partial charge in [0.1, 0.15) is 11.5 Å². The van der Waals surface area contributed by atoms with Crippen LogP contribution in [-0.2, 0) is 16.0 Å². The first-order chi connectivity index (χ1) is 11.5. The van der Waals surface area contributed by atoms with Crippen molar-refractivity contribution in [1.82, 2.24) is 4.90 Å². The van der Waals surface area contributed by atoms with E-state index in [2.05, 4.69) is 31.0 Å². The minimum Gasteiger partial charge on any atom is -0.496 e. The molecular formula is C19H29NO4. The second-order valence-electron chi connectivity index (χ2n) is 6.46. The lowest BCUT2D eigenvalue weighted by Gasteiger charge is -2.37. The van der Waals surface area contributed by atoms with Gasteiger partial charge in [-0.3, -0.25) is 4.79 Å². The molecule has 1 saturated heterocycles. The molecule has 0 N–H and O–H groups in total. The van der Waals surface area contributed by atoms with Crippen molar-refractivity contribution in [2.75, 3.05) is 41.5 Å². The number of methoxy groups -OCH3 is 3. The van der Waals surface area contributed by atoms with Crippen molar-refractivity contribution >= 4 is 5.97 Å². The quantitative estimate of drug-likeness (QED) is 0.748. The zero-order chi connectivity index (χ0) is 17.7. The topological polar surface area (TPSA) is 48.0 Å². The summed E-state index contributed by atoms with van der Waals surface area (Å²) in [4.78, 5) is 14.1. The van der Waals surface area contributed by atoms with Gasteiger partial charge in [0.15, 0.2) is 0 Å². The zero-order valence-electron chi connectivity index (χ0n) is 15.4. The van der Waals surface area contributed by atoms with Crippen LogP contribution in [0.5, 0.6) is 11.5 Å². The summed E-state index contributed by atoms with van der Waals surface area (Å²) >= 11 is 0. The van der Waals surface area contributed by atoms with Gasteiger partial charge in [0.25, 0.3) is 0 Å². The summed E-state index contributed by atoms with van der Waals surface area (Å²) < 4.78 is 16.1. The predicted octanol–water partition coefficient (Wildman–Crippen LogP) is 2.86. The SMILES string of the molecule is CCc1c(OC)cc([C@H]2CN(C)CC[C@H]2CC(=O)OC)cc1OC. The molecule has 0 amide bonds. The number of nitrogens with zero attached hydrogens (tertiary/aromatic N) is 1. The Labute approximate surface area is 144 Å². The Morgan fingerprint density at radius 1 is 1.21 bits per heavy atom. The molecule has 0 saturated carbocycles. The van der Waals surface area contributed by atoms with E-state index in [9.17, 15) is 4.79 Å². The highest BCUT2D eigenvalue weighted by Gasteiger charge is 2.32. The number of hydrogen-bond donors (Lipinski definition) is 0. The molecule has 1 aliphatic rings. The van der Waals surface area contributed by atoms with Crippen LogP contribution in [0.1, 0.15) is 36.8 Å². The lowest BCUT2D eigenvalue weighted by atomic mass is 9.78. The number of carbonyl (C=O) groups is 1. The minimum absolute atomic E-state index is 0.140. The standard InChI is InChI=1S/C19H29NO4/c1-6-15-17(22-3)9-14(10-18(15)23-4)16-12-20(2)8-7-13(16)11-19(21)24-5/h9-10,13,16H,6-8,11-12H2,1-5H3/t13-,16-/m0/s1. The number of hydrogen-bond acceptors (Lipinski definition) is 5. The molecule has 1 aliphatic heterocycles. The van der Waals surface area contributed by atoms with Crippen molar-refractivity contribution in [3.63, 3.8) is 0 Å². The van der Waals surface area contributed by atoms with E-state index in [4.69, 9.17) is 14.2 Å². The lowest BCUT2D eigenvalue weighted by Crippen LogP contribution is -2.37. The third kappa shape index (κ3) is 4.01. The number of piperidine rings is 1. The molecule has 1 fully saturated rings. The second-order valence-corrected chi connectivity index (χ2v) is 6.46. The van der Waals surface area contributed by atoms with Gasteiger partial charge in [0.2, 0.25) is 0 Å². The van der Waals surface area contributed by atoms with Gasteiger partial charge in [-0.2, -0.15) is 0 Å². The zero-order valence-corrected chi connectivity index (χ0v) is 15.4. The summed E-state index contributed by atoms with van der Waals surface area (Å²) in [5, 5.41) is 0. The Morgan fingerprint density at radius 2 is 1.83 bits per heavy atom. The van der Waals surface area contributed by atoms with Gasteiger partial charge in [0.05, 0.1) is 21.3 Å². The monoisotopic (exact) mass is 335 g/mol. The van der Waals surface area contributed by atoms with Crippen molar-refractivity contribution in [2.24, 2.45) is 5.92 Å². The molecule has 5 heteroatoms. The van der Waals surface area contributed by atoms with Crippen LogP contribution < -0.4 is 9.47 Å². The third-order valence-corrected chi connectivity index (χ3v) is 5.03. The van der Waals surface area contributed by atoms with Crippen molar-refractivity contribution in [3.8, 4) is 11.5 Å². The molecular weight excluding hydrogens is 306 g/mol. The van der Waals surface area contributed by atoms with Crippen molar-refractivity contribution in [3.05, 3.63) is 23.3 Å². The molecule has 2 atom stereocenters. The molecule has 1 aromatic carbocycles. The molecule has 1 aromatic rings. The fourth-order valence-corrected chi connectivity index (χ4v) is 3.65. The van der Waals surface area contributed by atoms with E-state index in [1.165, 1.54) is 12.7 Å². The first-order valence-corrected chi connectivity index (χ1v) is 8.54. The van der Waals surface area contributed by atoms with Crippen LogP contribution in [0.2, 0.25) is 0 Å². The summed E-state index contributed by atoms with van der Waals surface area (Å²) in [6, 6.07) is 4.21. The number of esters is 1. The molecule has 0 unspecified atom stereocenters. The van der Waals surface area contributed by atoms with E-state index >= 15 is 0 Å². The summed E-state index contributed by atoms with van der Waals surface area (Å²) in [6.45, 7) is 4.01. The first kappa shape index (κ1) is 18.6. The van der Waals surface area contributed by atoms with E-state index in [0.29, 0.717) is 6.42 Å². The molecule has 0 radical (unpaired) electrons. The van der Waals surface area contributed by atoms with Gasteiger partial charge >= 0.3 is 5.97 Å². The highest BCUT2D eigenvalue weighted by atomic mass is 16.5. The van der Waals surface area contributed by atoms with E-state index in [1.807, 2.05) is 0 Å². The molecule has 0 bridgehead atoms. The molecule has 5 nitrogen and oxygen atoms in total. The summed E-state index contributed by atoms with van der Waals surface area (Å²) in [5.41, 5.74) is 2.25. The average molecular weight is 335 g/mol. The minimum atomic E-state index is -0.140. The van der Waals surface area contributed by atoms with Crippen LogP contribution in [0.15, 0.2) is 12.1 Å². The molecule has 134 valence electrons. The maximum absolute atomic E-state index is 11.8. The molecule has 0 aliphatic carbocycles.